The van der Waals surface area contributed by atoms with Crippen molar-refractivity contribution in [1.29, 1.82) is 0 Å². The van der Waals surface area contributed by atoms with E-state index in [0.29, 0.717) is 0 Å². The molecule has 0 amide bonds. The van der Waals surface area contributed by atoms with Crippen LogP contribution in [0.15, 0.2) is 42.5 Å². The van der Waals surface area contributed by atoms with Crippen LogP contribution in [-0.4, -0.2) is 12.3 Å². The molecule has 1 atom stereocenters. The van der Waals surface area contributed by atoms with Gasteiger partial charge in [-0.05, 0) is 18.4 Å². The Labute approximate surface area is 88.9 Å². The smallest absolute Gasteiger partial charge is 0.141 e. The van der Waals surface area contributed by atoms with E-state index in [9.17, 15) is 4.79 Å². The summed E-state index contributed by atoms with van der Waals surface area (Å²) in [6, 6.07) is 14.0. The summed E-state index contributed by atoms with van der Waals surface area (Å²) in [5, 5.41) is 5.49. The lowest BCUT2D eigenvalue weighted by atomic mass is 10.1. The maximum absolute atomic E-state index is 10.6. The highest BCUT2D eigenvalue weighted by atomic mass is 16.1. The first-order chi connectivity index (χ1) is 7.31. The van der Waals surface area contributed by atoms with E-state index in [1.165, 1.54) is 5.39 Å². The molecule has 2 heteroatoms. The summed E-state index contributed by atoms with van der Waals surface area (Å²) in [5.41, 5.74) is 1.01. The average molecular weight is 199 g/mol. The number of carbonyl (C=O) groups is 1. The zero-order valence-electron chi connectivity index (χ0n) is 8.60. The van der Waals surface area contributed by atoms with Crippen molar-refractivity contribution in [3.8, 4) is 0 Å². The van der Waals surface area contributed by atoms with E-state index in [0.717, 1.165) is 17.4 Å². The van der Waals surface area contributed by atoms with E-state index in [1.807, 2.05) is 31.2 Å². The number of benzene rings is 2. The van der Waals surface area contributed by atoms with Crippen LogP contribution in [0.2, 0.25) is 0 Å². The van der Waals surface area contributed by atoms with E-state index in [2.05, 4.69) is 23.5 Å². The van der Waals surface area contributed by atoms with Gasteiger partial charge in [0.2, 0.25) is 0 Å². The number of rotatable bonds is 3. The summed E-state index contributed by atoms with van der Waals surface area (Å²) in [6.07, 6.45) is 0.905. The van der Waals surface area contributed by atoms with Crippen molar-refractivity contribution in [1.82, 2.24) is 0 Å². The molecular formula is C13H13NO. The Morgan fingerprint density at radius 1 is 1.13 bits per heavy atom. The summed E-state index contributed by atoms with van der Waals surface area (Å²) in [7, 11) is 0. The molecule has 1 N–H and O–H groups in total. The molecule has 0 saturated carbocycles. The first kappa shape index (κ1) is 9.71. The molecule has 2 rings (SSSR count). The second-order valence-electron chi connectivity index (χ2n) is 3.60. The molecule has 0 bridgehead atoms. The highest BCUT2D eigenvalue weighted by molar-refractivity contribution is 5.94. The summed E-state index contributed by atoms with van der Waals surface area (Å²) >= 11 is 0. The molecule has 2 nitrogen and oxygen atoms in total. The van der Waals surface area contributed by atoms with Crippen LogP contribution in [0, 0.1) is 0 Å². The van der Waals surface area contributed by atoms with Crippen LogP contribution in [-0.2, 0) is 4.79 Å². The largest absolute Gasteiger partial charge is 0.375 e. The number of nitrogens with one attached hydrogen (secondary N) is 1. The Bertz CT molecular complexity index is 473. The van der Waals surface area contributed by atoms with Crippen molar-refractivity contribution >= 4 is 22.7 Å². The van der Waals surface area contributed by atoms with Gasteiger partial charge in [-0.3, -0.25) is 0 Å². The van der Waals surface area contributed by atoms with Crippen LogP contribution in [0.5, 0.6) is 0 Å². The Balaban J connectivity index is 2.46. The highest BCUT2D eigenvalue weighted by Crippen LogP contribution is 2.23. The molecule has 0 aliphatic carbocycles. The van der Waals surface area contributed by atoms with Crippen molar-refractivity contribution in [2.24, 2.45) is 0 Å². The minimum Gasteiger partial charge on any atom is -0.375 e. The molecule has 0 saturated heterocycles. The summed E-state index contributed by atoms with van der Waals surface area (Å²) < 4.78 is 0. The van der Waals surface area contributed by atoms with Crippen molar-refractivity contribution in [2.75, 3.05) is 5.32 Å². The molecule has 15 heavy (non-hydrogen) atoms. The van der Waals surface area contributed by atoms with Crippen molar-refractivity contribution in [3.63, 3.8) is 0 Å². The first-order valence-corrected chi connectivity index (χ1v) is 5.01. The standard InChI is InChI=1S/C13H13NO/c1-10(9-15)14-13-8-4-6-11-5-2-3-7-12(11)13/h2-10,14H,1H3. The molecule has 76 valence electrons. The predicted octanol–water partition coefficient (Wildman–Crippen LogP) is 2.84. The van der Waals surface area contributed by atoms with Gasteiger partial charge in [-0.2, -0.15) is 0 Å². The molecule has 0 aliphatic heterocycles. The maximum atomic E-state index is 10.6. The summed E-state index contributed by atoms with van der Waals surface area (Å²) in [6.45, 7) is 1.84. The van der Waals surface area contributed by atoms with E-state index >= 15 is 0 Å². The van der Waals surface area contributed by atoms with Gasteiger partial charge in [0.15, 0.2) is 0 Å². The highest BCUT2D eigenvalue weighted by Gasteiger charge is 2.02. The minimum absolute atomic E-state index is 0.157. The van der Waals surface area contributed by atoms with Crippen LogP contribution in [0.3, 0.4) is 0 Å². The van der Waals surface area contributed by atoms with Gasteiger partial charge in [0.1, 0.15) is 6.29 Å². The van der Waals surface area contributed by atoms with Crippen LogP contribution in [0.4, 0.5) is 5.69 Å². The van der Waals surface area contributed by atoms with Gasteiger partial charge in [-0.25, -0.2) is 0 Å². The Morgan fingerprint density at radius 2 is 1.87 bits per heavy atom. The van der Waals surface area contributed by atoms with Crippen molar-refractivity contribution in [3.05, 3.63) is 42.5 Å². The monoisotopic (exact) mass is 199 g/mol. The fourth-order valence-electron chi connectivity index (χ4n) is 1.63. The number of carbonyl (C=O) groups excluding carboxylic acids is 1. The molecule has 0 radical (unpaired) electrons. The lowest BCUT2D eigenvalue weighted by molar-refractivity contribution is -0.108. The van der Waals surface area contributed by atoms with Crippen LogP contribution >= 0.6 is 0 Å². The molecule has 0 spiro atoms. The third-order valence-corrected chi connectivity index (χ3v) is 2.38. The van der Waals surface area contributed by atoms with Gasteiger partial charge in [0.05, 0.1) is 6.04 Å². The number of hydrogen-bond acceptors (Lipinski definition) is 2. The molecule has 1 unspecified atom stereocenters. The molecule has 0 heterocycles. The van der Waals surface area contributed by atoms with Gasteiger partial charge in [0.25, 0.3) is 0 Å². The topological polar surface area (TPSA) is 29.1 Å². The Hall–Kier alpha value is -1.83. The molecule has 0 aliphatic rings. The number of aldehydes is 1. The van der Waals surface area contributed by atoms with Gasteiger partial charge < -0.3 is 10.1 Å². The van der Waals surface area contributed by atoms with Crippen molar-refractivity contribution in [2.45, 2.75) is 13.0 Å². The third kappa shape index (κ3) is 1.99. The van der Waals surface area contributed by atoms with Crippen molar-refractivity contribution < 1.29 is 4.79 Å². The number of fused-ring (bicyclic) bond motifs is 1. The maximum Gasteiger partial charge on any atom is 0.141 e. The Morgan fingerprint density at radius 3 is 2.67 bits per heavy atom. The fourth-order valence-corrected chi connectivity index (χ4v) is 1.63. The summed E-state index contributed by atoms with van der Waals surface area (Å²) in [5.74, 6) is 0. The van der Waals surface area contributed by atoms with Crippen LogP contribution < -0.4 is 5.32 Å². The second kappa shape index (κ2) is 4.13. The molecule has 2 aromatic rings. The normalized spacial score (nSPS) is 12.3. The SMILES string of the molecule is CC(C=O)Nc1cccc2ccccc12. The van der Waals surface area contributed by atoms with E-state index in [1.54, 1.807) is 0 Å². The zero-order valence-corrected chi connectivity index (χ0v) is 8.60. The molecular weight excluding hydrogens is 186 g/mol. The Kier molecular flexibility index (Phi) is 2.68. The van der Waals surface area contributed by atoms with Crippen LogP contribution in [0.1, 0.15) is 6.92 Å². The second-order valence-corrected chi connectivity index (χ2v) is 3.60. The van der Waals surface area contributed by atoms with Crippen LogP contribution in [0.25, 0.3) is 10.8 Å². The molecule has 2 aromatic carbocycles. The van der Waals surface area contributed by atoms with Gasteiger partial charge in [-0.1, -0.05) is 36.4 Å². The molecule has 0 fully saturated rings. The number of anilines is 1. The van der Waals surface area contributed by atoms with Gasteiger partial charge in [-0.15, -0.1) is 0 Å². The fraction of sp³-hybridized carbons (Fsp3) is 0.154. The minimum atomic E-state index is -0.157. The van der Waals surface area contributed by atoms with E-state index in [4.69, 9.17) is 0 Å². The first-order valence-electron chi connectivity index (χ1n) is 5.01. The lowest BCUT2D eigenvalue weighted by Crippen LogP contribution is -2.16. The van der Waals surface area contributed by atoms with Gasteiger partial charge >= 0.3 is 0 Å². The molecule has 0 aromatic heterocycles. The lowest BCUT2D eigenvalue weighted by Gasteiger charge is -2.11. The third-order valence-electron chi connectivity index (χ3n) is 2.38. The van der Waals surface area contributed by atoms with E-state index in [-0.39, 0.29) is 6.04 Å². The summed E-state index contributed by atoms with van der Waals surface area (Å²) in [4.78, 5) is 10.6. The van der Waals surface area contributed by atoms with Gasteiger partial charge in [0, 0.05) is 11.1 Å². The van der Waals surface area contributed by atoms with E-state index < -0.39 is 0 Å². The quantitative estimate of drug-likeness (QED) is 0.770. The number of hydrogen-bond donors (Lipinski definition) is 1. The zero-order chi connectivity index (χ0) is 10.7. The average Bonchev–Trinajstić information content (AvgIpc) is 2.29. The predicted molar refractivity (Wildman–Crippen MR) is 63.1 cm³/mol.